The SMILES string of the molecule is CC(C)(CO)CONC(=O)c1cc(Br)c(F)c(F)c1Nc1ccc(I)cc1F. The molecule has 2 aromatic carbocycles. The van der Waals surface area contributed by atoms with E-state index in [1.807, 2.05) is 22.6 Å². The van der Waals surface area contributed by atoms with Crippen LogP contribution in [-0.4, -0.2) is 24.2 Å². The van der Waals surface area contributed by atoms with Crippen LogP contribution in [0.25, 0.3) is 0 Å². The second-order valence-electron chi connectivity index (χ2n) is 6.70. The Labute approximate surface area is 181 Å². The predicted molar refractivity (Wildman–Crippen MR) is 111 cm³/mol. The monoisotopic (exact) mass is 572 g/mol. The van der Waals surface area contributed by atoms with Crippen LogP contribution in [0.1, 0.15) is 24.2 Å². The van der Waals surface area contributed by atoms with E-state index < -0.39 is 34.5 Å². The Morgan fingerprint density at radius 2 is 1.93 bits per heavy atom. The second-order valence-corrected chi connectivity index (χ2v) is 8.80. The van der Waals surface area contributed by atoms with Crippen molar-refractivity contribution >= 4 is 55.8 Å². The first-order valence-electron chi connectivity index (χ1n) is 7.98. The summed E-state index contributed by atoms with van der Waals surface area (Å²) in [6, 6.07) is 5.18. The summed E-state index contributed by atoms with van der Waals surface area (Å²) in [5.41, 5.74) is 0.534. The predicted octanol–water partition coefficient (Wildman–Crippen LogP) is 4.89. The summed E-state index contributed by atoms with van der Waals surface area (Å²) < 4.78 is 43.0. The smallest absolute Gasteiger partial charge is 0.277 e. The Hall–Kier alpha value is -1.37. The summed E-state index contributed by atoms with van der Waals surface area (Å²) >= 11 is 4.75. The van der Waals surface area contributed by atoms with E-state index in [1.165, 1.54) is 12.1 Å². The van der Waals surface area contributed by atoms with Crippen LogP contribution in [0.3, 0.4) is 0 Å². The van der Waals surface area contributed by atoms with Crippen LogP contribution >= 0.6 is 38.5 Å². The maximum absolute atomic E-state index is 14.5. The van der Waals surface area contributed by atoms with E-state index in [2.05, 4.69) is 26.7 Å². The number of aliphatic hydroxyl groups excluding tert-OH is 1. The fourth-order valence-corrected chi connectivity index (χ4v) is 2.88. The van der Waals surface area contributed by atoms with E-state index in [4.69, 9.17) is 4.84 Å². The van der Waals surface area contributed by atoms with E-state index in [-0.39, 0.29) is 28.9 Å². The molecule has 0 aliphatic heterocycles. The maximum atomic E-state index is 14.5. The average Bonchev–Trinajstić information content (AvgIpc) is 2.63. The van der Waals surface area contributed by atoms with Gasteiger partial charge in [0.2, 0.25) is 0 Å². The van der Waals surface area contributed by atoms with Gasteiger partial charge in [-0.25, -0.2) is 18.7 Å². The molecular formula is C18H17BrF3IN2O3. The van der Waals surface area contributed by atoms with Gasteiger partial charge in [0.1, 0.15) is 5.82 Å². The molecule has 10 heteroatoms. The molecule has 1 amide bonds. The van der Waals surface area contributed by atoms with Crippen molar-refractivity contribution in [2.75, 3.05) is 18.5 Å². The Morgan fingerprint density at radius 3 is 2.54 bits per heavy atom. The number of benzene rings is 2. The van der Waals surface area contributed by atoms with Crippen molar-refractivity contribution in [2.24, 2.45) is 5.41 Å². The standard InChI is InChI=1S/C18H17BrF3IN2O3/c1-18(2,7-26)8-28-25-17(27)10-6-11(19)14(21)15(22)16(10)24-13-4-3-9(23)5-12(13)20/h3-6,24,26H,7-8H2,1-2H3,(H,25,27). The van der Waals surface area contributed by atoms with Crippen LogP contribution in [0.2, 0.25) is 0 Å². The summed E-state index contributed by atoms with van der Waals surface area (Å²) in [6.07, 6.45) is 0. The highest BCUT2D eigenvalue weighted by Crippen LogP contribution is 2.32. The molecule has 28 heavy (non-hydrogen) atoms. The molecule has 0 heterocycles. The molecule has 5 nitrogen and oxygen atoms in total. The number of nitrogens with one attached hydrogen (secondary N) is 2. The summed E-state index contributed by atoms with van der Waals surface area (Å²) in [5.74, 6) is -4.15. The van der Waals surface area contributed by atoms with Gasteiger partial charge in [-0.15, -0.1) is 0 Å². The molecule has 0 unspecified atom stereocenters. The van der Waals surface area contributed by atoms with E-state index in [0.29, 0.717) is 3.57 Å². The van der Waals surface area contributed by atoms with Crippen LogP contribution in [0, 0.1) is 26.4 Å². The van der Waals surface area contributed by atoms with Gasteiger partial charge >= 0.3 is 0 Å². The molecule has 2 rings (SSSR count). The Morgan fingerprint density at radius 1 is 1.25 bits per heavy atom. The topological polar surface area (TPSA) is 70.6 Å². The fourth-order valence-electron chi connectivity index (χ4n) is 2.02. The molecule has 0 aromatic heterocycles. The van der Waals surface area contributed by atoms with Crippen LogP contribution < -0.4 is 10.8 Å². The number of rotatable bonds is 7. The highest BCUT2D eigenvalue weighted by atomic mass is 127. The van der Waals surface area contributed by atoms with E-state index >= 15 is 0 Å². The molecule has 3 N–H and O–H groups in total. The molecule has 0 atom stereocenters. The second kappa shape index (κ2) is 9.42. The fraction of sp³-hybridized carbons (Fsp3) is 0.278. The number of aliphatic hydroxyl groups is 1. The van der Waals surface area contributed by atoms with E-state index in [1.54, 1.807) is 19.9 Å². The number of carbonyl (C=O) groups is 1. The first-order valence-corrected chi connectivity index (χ1v) is 9.85. The number of anilines is 2. The van der Waals surface area contributed by atoms with Gasteiger partial charge in [0.05, 0.1) is 34.6 Å². The molecule has 0 saturated carbocycles. The third-order valence-corrected chi connectivity index (χ3v) is 4.90. The first-order chi connectivity index (χ1) is 13.1. The van der Waals surface area contributed by atoms with Crippen molar-refractivity contribution in [1.29, 1.82) is 0 Å². The van der Waals surface area contributed by atoms with Crippen molar-refractivity contribution in [3.63, 3.8) is 0 Å². The van der Waals surface area contributed by atoms with Crippen molar-refractivity contribution in [2.45, 2.75) is 13.8 Å². The molecule has 0 spiro atoms. The van der Waals surface area contributed by atoms with Gasteiger partial charge in [-0.1, -0.05) is 13.8 Å². The molecule has 0 aliphatic carbocycles. The zero-order valence-electron chi connectivity index (χ0n) is 14.9. The van der Waals surface area contributed by atoms with Crippen molar-refractivity contribution in [3.05, 3.63) is 55.3 Å². The summed E-state index contributed by atoms with van der Waals surface area (Å²) in [5, 5.41) is 11.6. The lowest BCUT2D eigenvalue weighted by molar-refractivity contribution is -0.0197. The zero-order valence-corrected chi connectivity index (χ0v) is 18.6. The van der Waals surface area contributed by atoms with Crippen LogP contribution in [0.4, 0.5) is 24.5 Å². The number of carbonyl (C=O) groups excluding carboxylic acids is 1. The summed E-state index contributed by atoms with van der Waals surface area (Å²) in [4.78, 5) is 17.5. The molecule has 0 bridgehead atoms. The van der Waals surface area contributed by atoms with Crippen LogP contribution in [0.15, 0.2) is 28.7 Å². The molecule has 152 valence electrons. The average molecular weight is 573 g/mol. The minimum Gasteiger partial charge on any atom is -0.396 e. The lowest BCUT2D eigenvalue weighted by atomic mass is 9.97. The molecule has 0 aliphatic rings. The summed E-state index contributed by atoms with van der Waals surface area (Å²) in [6.45, 7) is 3.22. The van der Waals surface area contributed by atoms with Crippen molar-refractivity contribution < 1.29 is 27.9 Å². The maximum Gasteiger partial charge on any atom is 0.277 e. The highest BCUT2D eigenvalue weighted by molar-refractivity contribution is 14.1. The number of hydrogen-bond acceptors (Lipinski definition) is 4. The Bertz CT molecular complexity index is 897. The van der Waals surface area contributed by atoms with Crippen LogP contribution in [0.5, 0.6) is 0 Å². The van der Waals surface area contributed by atoms with Gasteiger partial charge in [0, 0.05) is 8.99 Å². The quantitative estimate of drug-likeness (QED) is 0.251. The minimum atomic E-state index is -1.35. The number of hydroxylamine groups is 1. The highest BCUT2D eigenvalue weighted by Gasteiger charge is 2.24. The Balaban J connectivity index is 2.34. The third-order valence-electron chi connectivity index (χ3n) is 3.65. The molecular weight excluding hydrogens is 556 g/mol. The minimum absolute atomic E-state index is 0.0192. The zero-order chi connectivity index (χ0) is 21.1. The Kier molecular flexibility index (Phi) is 7.71. The lowest BCUT2D eigenvalue weighted by Crippen LogP contribution is -2.32. The number of amides is 1. The van der Waals surface area contributed by atoms with Gasteiger partial charge in [-0.2, -0.15) is 0 Å². The van der Waals surface area contributed by atoms with Gasteiger partial charge in [0.15, 0.2) is 11.6 Å². The summed E-state index contributed by atoms with van der Waals surface area (Å²) in [7, 11) is 0. The molecule has 0 radical (unpaired) electrons. The van der Waals surface area contributed by atoms with Gasteiger partial charge in [-0.3, -0.25) is 9.63 Å². The number of halogens is 5. The van der Waals surface area contributed by atoms with E-state index in [0.717, 1.165) is 6.07 Å². The van der Waals surface area contributed by atoms with Gasteiger partial charge in [0.25, 0.3) is 5.91 Å². The number of hydrogen-bond donors (Lipinski definition) is 3. The van der Waals surface area contributed by atoms with Crippen molar-refractivity contribution in [3.8, 4) is 0 Å². The molecule has 0 saturated heterocycles. The van der Waals surface area contributed by atoms with E-state index in [9.17, 15) is 23.1 Å². The van der Waals surface area contributed by atoms with Gasteiger partial charge < -0.3 is 10.4 Å². The third kappa shape index (κ3) is 5.58. The molecule has 2 aromatic rings. The largest absolute Gasteiger partial charge is 0.396 e. The lowest BCUT2D eigenvalue weighted by Gasteiger charge is -2.21. The van der Waals surface area contributed by atoms with Gasteiger partial charge in [-0.05, 0) is 62.8 Å². The van der Waals surface area contributed by atoms with Crippen molar-refractivity contribution in [1.82, 2.24) is 5.48 Å². The molecule has 0 fully saturated rings. The van der Waals surface area contributed by atoms with Crippen LogP contribution in [-0.2, 0) is 4.84 Å². The first kappa shape index (κ1) is 22.9. The normalized spacial score (nSPS) is 11.4.